The highest BCUT2D eigenvalue weighted by molar-refractivity contribution is 5.88. The fourth-order valence-corrected chi connectivity index (χ4v) is 3.79. The third kappa shape index (κ3) is 4.64. The van der Waals surface area contributed by atoms with Crippen LogP contribution in [0.15, 0.2) is 66.7 Å². The molecular formula is C25H24O6. The van der Waals surface area contributed by atoms with Crippen LogP contribution < -0.4 is 14.2 Å². The van der Waals surface area contributed by atoms with Crippen molar-refractivity contribution in [3.8, 4) is 17.2 Å². The molecule has 6 heteroatoms. The van der Waals surface area contributed by atoms with Gasteiger partial charge in [0.15, 0.2) is 0 Å². The predicted molar refractivity (Wildman–Crippen MR) is 115 cm³/mol. The van der Waals surface area contributed by atoms with E-state index in [2.05, 4.69) is 0 Å². The van der Waals surface area contributed by atoms with Gasteiger partial charge in [0.05, 0.1) is 25.4 Å². The molecule has 1 heterocycles. The number of ether oxygens (including phenoxy) is 3. The van der Waals surface area contributed by atoms with Crippen LogP contribution in [0.3, 0.4) is 0 Å². The Bertz CT molecular complexity index is 1060. The highest BCUT2D eigenvalue weighted by atomic mass is 16.5. The minimum atomic E-state index is -1.00. The van der Waals surface area contributed by atoms with Gasteiger partial charge < -0.3 is 24.4 Å². The zero-order valence-corrected chi connectivity index (χ0v) is 17.2. The van der Waals surface area contributed by atoms with Gasteiger partial charge in [-0.3, -0.25) is 0 Å². The van der Waals surface area contributed by atoms with Gasteiger partial charge in [0.1, 0.15) is 23.9 Å². The van der Waals surface area contributed by atoms with Gasteiger partial charge in [-0.25, -0.2) is 4.79 Å². The number of carboxylic acids is 1. The lowest BCUT2D eigenvalue weighted by Crippen LogP contribution is -2.28. The number of carboxylic acid groups (broad SMARTS) is 1. The summed E-state index contributed by atoms with van der Waals surface area (Å²) in [5.41, 5.74) is 2.62. The number of methoxy groups -OCH3 is 1. The lowest BCUT2D eigenvalue weighted by Gasteiger charge is -2.31. The van der Waals surface area contributed by atoms with Crippen molar-refractivity contribution >= 4 is 5.97 Å². The van der Waals surface area contributed by atoms with E-state index in [0.717, 1.165) is 11.1 Å². The van der Waals surface area contributed by atoms with Crippen molar-refractivity contribution in [1.29, 1.82) is 0 Å². The van der Waals surface area contributed by atoms with Crippen LogP contribution in [0.25, 0.3) is 0 Å². The van der Waals surface area contributed by atoms with Gasteiger partial charge >= 0.3 is 5.97 Å². The molecule has 1 aliphatic heterocycles. The molecule has 0 radical (unpaired) electrons. The van der Waals surface area contributed by atoms with Crippen LogP contribution >= 0.6 is 0 Å². The van der Waals surface area contributed by atoms with E-state index in [1.165, 1.54) is 6.07 Å². The molecule has 3 aromatic rings. The third-order valence-corrected chi connectivity index (χ3v) is 5.46. The van der Waals surface area contributed by atoms with Gasteiger partial charge in [-0.1, -0.05) is 30.3 Å². The van der Waals surface area contributed by atoms with E-state index in [4.69, 9.17) is 14.2 Å². The number of aliphatic hydroxyl groups excluding tert-OH is 1. The average Bonchev–Trinajstić information content (AvgIpc) is 2.80. The van der Waals surface area contributed by atoms with Crippen molar-refractivity contribution in [2.24, 2.45) is 5.92 Å². The molecule has 0 spiro atoms. The van der Waals surface area contributed by atoms with Crippen LogP contribution in [0.5, 0.6) is 17.2 Å². The Morgan fingerprint density at radius 2 is 1.90 bits per heavy atom. The first-order chi connectivity index (χ1) is 15.0. The summed E-state index contributed by atoms with van der Waals surface area (Å²) in [6, 6.07) is 20.0. The van der Waals surface area contributed by atoms with E-state index in [-0.39, 0.29) is 11.5 Å². The molecule has 4 rings (SSSR count). The van der Waals surface area contributed by atoms with E-state index in [0.29, 0.717) is 42.4 Å². The summed E-state index contributed by atoms with van der Waals surface area (Å²) in [6.45, 7) is 0.748. The highest BCUT2D eigenvalue weighted by Gasteiger charge is 2.31. The second kappa shape index (κ2) is 9.10. The summed E-state index contributed by atoms with van der Waals surface area (Å²) < 4.78 is 17.1. The Morgan fingerprint density at radius 3 is 2.65 bits per heavy atom. The molecule has 0 saturated heterocycles. The Kier molecular flexibility index (Phi) is 6.09. The van der Waals surface area contributed by atoms with Crippen LogP contribution in [0.4, 0.5) is 0 Å². The maximum absolute atomic E-state index is 11.3. The maximum Gasteiger partial charge on any atom is 0.335 e. The number of rotatable bonds is 7. The number of aliphatic hydroxyl groups is 1. The molecule has 0 aromatic heterocycles. The van der Waals surface area contributed by atoms with E-state index in [9.17, 15) is 15.0 Å². The number of aromatic carboxylic acids is 1. The van der Waals surface area contributed by atoms with Gasteiger partial charge in [0, 0.05) is 11.5 Å². The monoisotopic (exact) mass is 420 g/mol. The van der Waals surface area contributed by atoms with Gasteiger partial charge in [0.25, 0.3) is 0 Å². The molecule has 2 unspecified atom stereocenters. The first-order valence-electron chi connectivity index (χ1n) is 10.1. The standard InChI is InChI=1S/C25H24O6/c1-29-22-9-7-17(25(27)28)11-18(22)12-19-15-31-23-10-8-20(13-21(23)24(19)26)30-14-16-5-3-2-4-6-16/h2-11,13,19,24,26H,12,14-15H2,1H3,(H,27,28). The molecule has 2 atom stereocenters. The first-order valence-corrected chi connectivity index (χ1v) is 10.1. The number of fused-ring (bicyclic) bond motifs is 1. The van der Waals surface area contributed by atoms with E-state index >= 15 is 0 Å². The zero-order chi connectivity index (χ0) is 21.8. The molecule has 2 N–H and O–H groups in total. The summed E-state index contributed by atoms with van der Waals surface area (Å²) in [7, 11) is 1.54. The van der Waals surface area contributed by atoms with Crippen molar-refractivity contribution in [3.63, 3.8) is 0 Å². The number of hydrogen-bond acceptors (Lipinski definition) is 5. The van der Waals surface area contributed by atoms with Crippen molar-refractivity contribution in [2.75, 3.05) is 13.7 Å². The molecule has 160 valence electrons. The molecule has 0 bridgehead atoms. The Labute approximate surface area is 180 Å². The SMILES string of the molecule is COc1ccc(C(=O)O)cc1CC1COc2ccc(OCc3ccccc3)cc2C1O. The van der Waals surface area contributed by atoms with Crippen LogP contribution in [-0.4, -0.2) is 29.9 Å². The molecule has 0 amide bonds. The summed E-state index contributed by atoms with van der Waals surface area (Å²) in [5.74, 6) is 0.603. The molecule has 0 saturated carbocycles. The quantitative estimate of drug-likeness (QED) is 0.594. The normalized spacial score (nSPS) is 17.4. The van der Waals surface area contributed by atoms with Gasteiger partial charge in [-0.15, -0.1) is 0 Å². The zero-order valence-electron chi connectivity index (χ0n) is 17.2. The molecule has 31 heavy (non-hydrogen) atoms. The molecule has 6 nitrogen and oxygen atoms in total. The van der Waals surface area contributed by atoms with Crippen molar-refractivity contribution in [2.45, 2.75) is 19.1 Å². The summed E-state index contributed by atoms with van der Waals surface area (Å²) >= 11 is 0. The molecule has 0 fully saturated rings. The molecule has 3 aromatic carbocycles. The van der Waals surface area contributed by atoms with Crippen LogP contribution in [-0.2, 0) is 13.0 Å². The lowest BCUT2D eigenvalue weighted by molar-refractivity contribution is 0.0501. The summed E-state index contributed by atoms with van der Waals surface area (Å²) in [4.78, 5) is 11.3. The fraction of sp³-hybridized carbons (Fsp3) is 0.240. The number of carbonyl (C=O) groups is 1. The van der Waals surface area contributed by atoms with E-state index in [1.54, 1.807) is 31.4 Å². The topological polar surface area (TPSA) is 85.2 Å². The number of hydrogen-bond donors (Lipinski definition) is 2. The fourth-order valence-electron chi connectivity index (χ4n) is 3.79. The average molecular weight is 420 g/mol. The van der Waals surface area contributed by atoms with E-state index in [1.807, 2.05) is 36.4 Å². The predicted octanol–water partition coefficient (Wildman–Crippen LogP) is 4.26. The number of benzene rings is 3. The van der Waals surface area contributed by atoms with Gasteiger partial charge in [0.2, 0.25) is 0 Å². The highest BCUT2D eigenvalue weighted by Crippen LogP contribution is 2.40. The Morgan fingerprint density at radius 1 is 1.10 bits per heavy atom. The van der Waals surface area contributed by atoms with Crippen molar-refractivity contribution < 1.29 is 29.2 Å². The minimum Gasteiger partial charge on any atom is -0.496 e. The summed E-state index contributed by atoms with van der Waals surface area (Å²) in [5, 5.41) is 20.3. The van der Waals surface area contributed by atoms with Crippen LogP contribution in [0.2, 0.25) is 0 Å². The second-order valence-corrected chi connectivity index (χ2v) is 7.53. The van der Waals surface area contributed by atoms with E-state index < -0.39 is 12.1 Å². The maximum atomic E-state index is 11.3. The van der Waals surface area contributed by atoms with Crippen LogP contribution in [0.1, 0.15) is 33.2 Å². The summed E-state index contributed by atoms with van der Waals surface area (Å²) in [6.07, 6.45) is -0.359. The lowest BCUT2D eigenvalue weighted by atomic mass is 9.87. The van der Waals surface area contributed by atoms with Crippen molar-refractivity contribution in [1.82, 2.24) is 0 Å². The van der Waals surface area contributed by atoms with Crippen molar-refractivity contribution in [3.05, 3.63) is 89.0 Å². The Hall–Kier alpha value is -3.51. The molecule has 0 aliphatic carbocycles. The van der Waals surface area contributed by atoms with Gasteiger partial charge in [-0.2, -0.15) is 0 Å². The molecular weight excluding hydrogens is 396 g/mol. The largest absolute Gasteiger partial charge is 0.496 e. The molecule has 1 aliphatic rings. The minimum absolute atomic E-state index is 0.180. The Balaban J connectivity index is 1.52. The third-order valence-electron chi connectivity index (χ3n) is 5.46. The smallest absolute Gasteiger partial charge is 0.335 e. The van der Waals surface area contributed by atoms with Crippen LogP contribution in [0, 0.1) is 5.92 Å². The van der Waals surface area contributed by atoms with Gasteiger partial charge in [-0.05, 0) is 53.9 Å². The second-order valence-electron chi connectivity index (χ2n) is 7.53. The first kappa shape index (κ1) is 20.8.